The molecule has 0 aliphatic heterocycles. The Morgan fingerprint density at radius 3 is 1.80 bits per heavy atom. The monoisotopic (exact) mass is 588 g/mol. The van der Waals surface area contributed by atoms with E-state index in [0.717, 1.165) is 44.2 Å². The lowest BCUT2D eigenvalue weighted by Crippen LogP contribution is -2.10. The number of benzene rings is 7. The van der Waals surface area contributed by atoms with Crippen molar-refractivity contribution in [3.05, 3.63) is 170 Å². The van der Waals surface area contributed by atoms with Gasteiger partial charge in [0, 0.05) is 28.3 Å². The molecule has 0 atom stereocenters. The van der Waals surface area contributed by atoms with E-state index in [2.05, 4.69) is 169 Å². The lowest BCUT2D eigenvalue weighted by atomic mass is 9.98. The summed E-state index contributed by atoms with van der Waals surface area (Å²) in [5.74, 6) is 0. The Labute approximate surface area is 266 Å². The molecule has 0 bridgehead atoms. The van der Waals surface area contributed by atoms with Crippen molar-refractivity contribution in [2.75, 3.05) is 4.90 Å². The van der Waals surface area contributed by atoms with Crippen LogP contribution in [0, 0.1) is 0 Å². The highest BCUT2D eigenvalue weighted by molar-refractivity contribution is 6.18. The molecule has 7 aromatic carbocycles. The predicted molar refractivity (Wildman–Crippen MR) is 192 cm³/mol. The second-order valence-electron chi connectivity index (χ2n) is 11.6. The SMILES string of the molecule is c1ccc(-c2ccc(N(c3ccc(-c4cccc5ccccc45)cc3)c3ccnc4oc5c6ccccc6ccc5c34)cc2)cc1. The molecule has 9 aromatic rings. The Morgan fingerprint density at radius 2 is 1.04 bits per heavy atom. The lowest BCUT2D eigenvalue weighted by Gasteiger charge is -2.26. The molecule has 0 N–H and O–H groups in total. The minimum atomic E-state index is 0.627. The molecular formula is C43H28N2O. The summed E-state index contributed by atoms with van der Waals surface area (Å²) < 4.78 is 6.49. The van der Waals surface area contributed by atoms with Gasteiger partial charge in [-0.2, -0.15) is 0 Å². The molecule has 3 heteroatoms. The van der Waals surface area contributed by atoms with Gasteiger partial charge in [0.1, 0.15) is 5.58 Å². The summed E-state index contributed by atoms with van der Waals surface area (Å²) in [7, 11) is 0. The second-order valence-corrected chi connectivity index (χ2v) is 11.6. The van der Waals surface area contributed by atoms with Crippen molar-refractivity contribution in [2.45, 2.75) is 0 Å². The maximum atomic E-state index is 6.49. The molecule has 0 aliphatic carbocycles. The standard InChI is InChI=1S/C43H28N2O/c1-2-9-29(10-3-1)30-17-22-34(23-18-30)45(35-24-19-33(20-25-35)37-16-8-13-31-11-4-6-14-36(31)37)40-27-28-44-43-41(40)39-26-21-32-12-5-7-15-38(32)42(39)46-43/h1-28H. The van der Waals surface area contributed by atoms with Crippen molar-refractivity contribution in [3.63, 3.8) is 0 Å². The van der Waals surface area contributed by atoms with Crippen LogP contribution in [0.25, 0.3) is 65.9 Å². The Balaban J connectivity index is 1.24. The molecule has 0 radical (unpaired) electrons. The van der Waals surface area contributed by atoms with Crippen molar-refractivity contribution in [2.24, 2.45) is 0 Å². The van der Waals surface area contributed by atoms with Crippen LogP contribution in [0.4, 0.5) is 17.1 Å². The number of fused-ring (bicyclic) bond motifs is 6. The van der Waals surface area contributed by atoms with E-state index >= 15 is 0 Å². The Bertz CT molecular complexity index is 2510. The van der Waals surface area contributed by atoms with E-state index in [0.29, 0.717) is 5.71 Å². The van der Waals surface area contributed by atoms with Crippen LogP contribution in [0.3, 0.4) is 0 Å². The van der Waals surface area contributed by atoms with Gasteiger partial charge in [-0.05, 0) is 74.8 Å². The van der Waals surface area contributed by atoms with Crippen molar-refractivity contribution in [3.8, 4) is 22.3 Å². The van der Waals surface area contributed by atoms with Gasteiger partial charge in [-0.1, -0.05) is 127 Å². The molecule has 0 amide bonds. The highest BCUT2D eigenvalue weighted by atomic mass is 16.3. The van der Waals surface area contributed by atoms with Crippen LogP contribution in [0.15, 0.2) is 174 Å². The van der Waals surface area contributed by atoms with Gasteiger partial charge >= 0.3 is 0 Å². The van der Waals surface area contributed by atoms with E-state index in [1.165, 1.54) is 33.0 Å². The molecule has 0 fully saturated rings. The van der Waals surface area contributed by atoms with Crippen LogP contribution >= 0.6 is 0 Å². The highest BCUT2D eigenvalue weighted by Gasteiger charge is 2.21. The van der Waals surface area contributed by atoms with Crippen LogP contribution < -0.4 is 4.90 Å². The Morgan fingerprint density at radius 1 is 0.435 bits per heavy atom. The maximum Gasteiger partial charge on any atom is 0.229 e. The van der Waals surface area contributed by atoms with E-state index in [-0.39, 0.29) is 0 Å². The summed E-state index contributed by atoms with van der Waals surface area (Å²) in [6.45, 7) is 0. The van der Waals surface area contributed by atoms with Crippen LogP contribution in [0.5, 0.6) is 0 Å². The summed E-state index contributed by atoms with van der Waals surface area (Å²) in [4.78, 5) is 7.01. The quantitative estimate of drug-likeness (QED) is 0.200. The smallest absolute Gasteiger partial charge is 0.229 e. The van der Waals surface area contributed by atoms with Crippen molar-refractivity contribution in [1.82, 2.24) is 4.98 Å². The van der Waals surface area contributed by atoms with Crippen LogP contribution in [-0.4, -0.2) is 4.98 Å². The Hall–Kier alpha value is -6.19. The number of rotatable bonds is 5. The lowest BCUT2D eigenvalue weighted by molar-refractivity contribution is 0.657. The third-order valence-electron chi connectivity index (χ3n) is 8.94. The number of pyridine rings is 1. The third kappa shape index (κ3) is 4.33. The summed E-state index contributed by atoms with van der Waals surface area (Å²) in [5, 5.41) is 6.76. The van der Waals surface area contributed by atoms with E-state index in [4.69, 9.17) is 9.40 Å². The van der Waals surface area contributed by atoms with Crippen molar-refractivity contribution < 1.29 is 4.42 Å². The maximum absolute atomic E-state index is 6.49. The first-order valence-corrected chi connectivity index (χ1v) is 15.5. The van der Waals surface area contributed by atoms with E-state index in [1.54, 1.807) is 0 Å². The van der Waals surface area contributed by atoms with E-state index < -0.39 is 0 Å². The number of furan rings is 1. The van der Waals surface area contributed by atoms with Gasteiger partial charge < -0.3 is 9.32 Å². The van der Waals surface area contributed by atoms with Gasteiger partial charge in [0.15, 0.2) is 0 Å². The first-order chi connectivity index (χ1) is 22.8. The summed E-state index contributed by atoms with van der Waals surface area (Å²) in [6, 6.07) is 58.0. The number of anilines is 3. The molecule has 0 spiro atoms. The zero-order valence-corrected chi connectivity index (χ0v) is 25.0. The molecule has 2 heterocycles. The number of hydrogen-bond donors (Lipinski definition) is 0. The van der Waals surface area contributed by atoms with Crippen molar-refractivity contribution in [1.29, 1.82) is 0 Å². The second kappa shape index (κ2) is 10.8. The Kier molecular flexibility index (Phi) is 6.14. The third-order valence-corrected chi connectivity index (χ3v) is 8.94. The molecule has 3 nitrogen and oxygen atoms in total. The molecule has 0 saturated heterocycles. The largest absolute Gasteiger partial charge is 0.437 e. The normalized spacial score (nSPS) is 11.5. The molecule has 9 rings (SSSR count). The molecule has 2 aromatic heterocycles. The summed E-state index contributed by atoms with van der Waals surface area (Å²) in [6.07, 6.45) is 1.85. The van der Waals surface area contributed by atoms with Gasteiger partial charge in [0.05, 0.1) is 11.1 Å². The molecule has 0 unspecified atom stereocenters. The van der Waals surface area contributed by atoms with Gasteiger partial charge in [0.2, 0.25) is 5.71 Å². The van der Waals surface area contributed by atoms with Crippen LogP contribution in [0.2, 0.25) is 0 Å². The summed E-state index contributed by atoms with van der Waals surface area (Å²) in [5.41, 5.74) is 9.39. The molecule has 0 aliphatic rings. The fourth-order valence-corrected chi connectivity index (χ4v) is 6.72. The minimum Gasteiger partial charge on any atom is -0.437 e. The topological polar surface area (TPSA) is 29.3 Å². The van der Waals surface area contributed by atoms with Gasteiger partial charge in [-0.3, -0.25) is 0 Å². The van der Waals surface area contributed by atoms with E-state index in [9.17, 15) is 0 Å². The first-order valence-electron chi connectivity index (χ1n) is 15.5. The number of aromatic nitrogens is 1. The number of nitrogens with zero attached hydrogens (tertiary/aromatic N) is 2. The first kappa shape index (κ1) is 26.2. The van der Waals surface area contributed by atoms with Crippen molar-refractivity contribution >= 4 is 60.7 Å². The average Bonchev–Trinajstić information content (AvgIpc) is 3.53. The molecule has 0 saturated carbocycles. The fraction of sp³-hybridized carbons (Fsp3) is 0. The number of hydrogen-bond acceptors (Lipinski definition) is 3. The zero-order chi connectivity index (χ0) is 30.5. The van der Waals surface area contributed by atoms with Gasteiger partial charge in [-0.15, -0.1) is 0 Å². The minimum absolute atomic E-state index is 0.627. The van der Waals surface area contributed by atoms with Crippen LogP contribution in [-0.2, 0) is 0 Å². The fourth-order valence-electron chi connectivity index (χ4n) is 6.72. The summed E-state index contributed by atoms with van der Waals surface area (Å²) >= 11 is 0. The predicted octanol–water partition coefficient (Wildman–Crippen LogP) is 12.1. The van der Waals surface area contributed by atoms with Gasteiger partial charge in [-0.25, -0.2) is 4.98 Å². The average molecular weight is 589 g/mol. The van der Waals surface area contributed by atoms with E-state index in [1.807, 2.05) is 6.20 Å². The van der Waals surface area contributed by atoms with Crippen LogP contribution in [0.1, 0.15) is 0 Å². The highest BCUT2D eigenvalue weighted by Crippen LogP contribution is 2.44. The molecular weight excluding hydrogens is 560 g/mol. The molecule has 216 valence electrons. The molecule has 46 heavy (non-hydrogen) atoms. The zero-order valence-electron chi connectivity index (χ0n) is 25.0. The van der Waals surface area contributed by atoms with Gasteiger partial charge in [0.25, 0.3) is 0 Å².